The standard InChI is InChI=1S/C17H24BrN3/c1-6-21-16(17(18)13(4)20-21)10-15(19-5)14-8-7-11(2)9-12(14)3/h7-9,15,19H,6,10H2,1-5H3. The molecule has 0 saturated carbocycles. The quantitative estimate of drug-likeness (QED) is 0.880. The second-order valence-electron chi connectivity index (χ2n) is 5.57. The number of halogens is 1. The molecule has 2 aromatic rings. The highest BCUT2D eigenvalue weighted by Gasteiger charge is 2.19. The molecule has 0 aliphatic rings. The van der Waals surface area contributed by atoms with Gasteiger partial charge in [-0.2, -0.15) is 5.10 Å². The van der Waals surface area contributed by atoms with E-state index < -0.39 is 0 Å². The molecule has 1 atom stereocenters. The van der Waals surface area contributed by atoms with Crippen molar-refractivity contribution >= 4 is 15.9 Å². The van der Waals surface area contributed by atoms with Gasteiger partial charge in [0.05, 0.1) is 15.9 Å². The lowest BCUT2D eigenvalue weighted by Gasteiger charge is -2.20. The van der Waals surface area contributed by atoms with Crippen LogP contribution in [0.25, 0.3) is 0 Å². The molecule has 0 aliphatic heterocycles. The Labute approximate surface area is 135 Å². The molecule has 1 N–H and O–H groups in total. The van der Waals surface area contributed by atoms with E-state index in [0.717, 1.165) is 23.1 Å². The zero-order chi connectivity index (χ0) is 15.6. The van der Waals surface area contributed by atoms with Crippen LogP contribution in [0, 0.1) is 20.8 Å². The SMILES string of the molecule is CCn1nc(C)c(Br)c1CC(NC)c1ccc(C)cc1C. The zero-order valence-corrected chi connectivity index (χ0v) is 15.1. The van der Waals surface area contributed by atoms with Crippen LogP contribution in [0.4, 0.5) is 0 Å². The van der Waals surface area contributed by atoms with Crippen LogP contribution >= 0.6 is 15.9 Å². The van der Waals surface area contributed by atoms with E-state index >= 15 is 0 Å². The Hall–Kier alpha value is -1.13. The van der Waals surface area contributed by atoms with E-state index in [4.69, 9.17) is 0 Å². The Balaban J connectivity index is 2.35. The van der Waals surface area contributed by atoms with Gasteiger partial charge in [-0.05, 0) is 61.8 Å². The number of nitrogens with zero attached hydrogens (tertiary/aromatic N) is 2. The maximum atomic E-state index is 4.59. The van der Waals surface area contributed by atoms with Crippen LogP contribution in [0.1, 0.15) is 41.0 Å². The van der Waals surface area contributed by atoms with E-state index in [-0.39, 0.29) is 0 Å². The van der Waals surface area contributed by atoms with E-state index in [9.17, 15) is 0 Å². The largest absolute Gasteiger partial charge is 0.313 e. The van der Waals surface area contributed by atoms with Gasteiger partial charge in [-0.3, -0.25) is 4.68 Å². The normalized spacial score (nSPS) is 12.7. The summed E-state index contributed by atoms with van der Waals surface area (Å²) in [6.45, 7) is 9.39. The van der Waals surface area contributed by atoms with Crippen molar-refractivity contribution in [2.45, 2.75) is 46.7 Å². The average molecular weight is 350 g/mol. The van der Waals surface area contributed by atoms with E-state index in [1.165, 1.54) is 22.4 Å². The molecule has 21 heavy (non-hydrogen) atoms. The molecule has 0 radical (unpaired) electrons. The Kier molecular flexibility index (Phi) is 5.22. The van der Waals surface area contributed by atoms with Gasteiger partial charge in [-0.1, -0.05) is 23.8 Å². The average Bonchev–Trinajstić information content (AvgIpc) is 2.72. The molecular weight excluding hydrogens is 326 g/mol. The molecule has 2 rings (SSSR count). The molecule has 1 unspecified atom stereocenters. The van der Waals surface area contributed by atoms with Gasteiger partial charge in [-0.15, -0.1) is 0 Å². The van der Waals surface area contributed by atoms with E-state index in [1.807, 2.05) is 14.0 Å². The molecule has 4 heteroatoms. The van der Waals surface area contributed by atoms with Gasteiger partial charge in [0.25, 0.3) is 0 Å². The first-order chi connectivity index (χ1) is 9.97. The number of likely N-dealkylation sites (N-methyl/N-ethyl adjacent to an activating group) is 1. The highest BCUT2D eigenvalue weighted by atomic mass is 79.9. The van der Waals surface area contributed by atoms with Gasteiger partial charge in [0, 0.05) is 19.0 Å². The van der Waals surface area contributed by atoms with Gasteiger partial charge < -0.3 is 5.32 Å². The number of hydrogen-bond donors (Lipinski definition) is 1. The predicted molar refractivity (Wildman–Crippen MR) is 91.8 cm³/mol. The Morgan fingerprint density at radius 1 is 1.29 bits per heavy atom. The monoisotopic (exact) mass is 349 g/mol. The third-order valence-electron chi connectivity index (χ3n) is 4.00. The van der Waals surface area contributed by atoms with Gasteiger partial charge in [0.1, 0.15) is 0 Å². The molecule has 114 valence electrons. The topological polar surface area (TPSA) is 29.9 Å². The van der Waals surface area contributed by atoms with Crippen molar-refractivity contribution < 1.29 is 0 Å². The summed E-state index contributed by atoms with van der Waals surface area (Å²) < 4.78 is 3.22. The van der Waals surface area contributed by atoms with Gasteiger partial charge in [-0.25, -0.2) is 0 Å². The second-order valence-corrected chi connectivity index (χ2v) is 6.36. The minimum atomic E-state index is 0.295. The Morgan fingerprint density at radius 2 is 2.00 bits per heavy atom. The van der Waals surface area contributed by atoms with Crippen LogP contribution in [-0.4, -0.2) is 16.8 Å². The first-order valence-electron chi connectivity index (χ1n) is 7.44. The molecule has 0 fully saturated rings. The summed E-state index contributed by atoms with van der Waals surface area (Å²) in [4.78, 5) is 0. The molecule has 0 saturated heterocycles. The fourth-order valence-corrected chi connectivity index (χ4v) is 3.29. The highest BCUT2D eigenvalue weighted by molar-refractivity contribution is 9.10. The van der Waals surface area contributed by atoms with Crippen LogP contribution in [-0.2, 0) is 13.0 Å². The van der Waals surface area contributed by atoms with Crippen LogP contribution in [0.2, 0.25) is 0 Å². The minimum Gasteiger partial charge on any atom is -0.313 e. The second kappa shape index (κ2) is 6.75. The molecule has 3 nitrogen and oxygen atoms in total. The van der Waals surface area contributed by atoms with Crippen LogP contribution < -0.4 is 5.32 Å². The maximum absolute atomic E-state index is 4.59. The molecule has 0 spiro atoms. The lowest BCUT2D eigenvalue weighted by molar-refractivity contribution is 0.538. The molecule has 1 aromatic carbocycles. The van der Waals surface area contributed by atoms with Crippen LogP contribution in [0.3, 0.4) is 0 Å². The van der Waals surface area contributed by atoms with Crippen LogP contribution in [0.15, 0.2) is 22.7 Å². The number of nitrogens with one attached hydrogen (secondary N) is 1. The zero-order valence-electron chi connectivity index (χ0n) is 13.5. The Bertz CT molecular complexity index is 631. The number of aryl methyl sites for hydroxylation is 4. The van der Waals surface area contributed by atoms with E-state index in [0.29, 0.717) is 6.04 Å². The van der Waals surface area contributed by atoms with Crippen molar-refractivity contribution in [2.75, 3.05) is 7.05 Å². The summed E-state index contributed by atoms with van der Waals surface area (Å²) in [5, 5.41) is 8.04. The number of benzene rings is 1. The summed E-state index contributed by atoms with van der Waals surface area (Å²) in [5.74, 6) is 0. The van der Waals surface area contributed by atoms with Gasteiger partial charge >= 0.3 is 0 Å². The molecule has 1 heterocycles. The Morgan fingerprint density at radius 3 is 2.57 bits per heavy atom. The number of aromatic nitrogens is 2. The highest BCUT2D eigenvalue weighted by Crippen LogP contribution is 2.28. The lowest BCUT2D eigenvalue weighted by Crippen LogP contribution is -2.21. The lowest BCUT2D eigenvalue weighted by atomic mass is 9.96. The molecule has 0 aliphatic carbocycles. The van der Waals surface area contributed by atoms with Gasteiger partial charge in [0.15, 0.2) is 0 Å². The summed E-state index contributed by atoms with van der Waals surface area (Å²) in [5.41, 5.74) is 6.32. The molecule has 0 amide bonds. The minimum absolute atomic E-state index is 0.295. The van der Waals surface area contributed by atoms with Crippen molar-refractivity contribution in [1.29, 1.82) is 0 Å². The van der Waals surface area contributed by atoms with Crippen molar-refractivity contribution in [2.24, 2.45) is 0 Å². The fraction of sp³-hybridized carbons (Fsp3) is 0.471. The van der Waals surface area contributed by atoms with Crippen molar-refractivity contribution in [3.05, 3.63) is 50.8 Å². The third kappa shape index (κ3) is 3.38. The fourth-order valence-electron chi connectivity index (χ4n) is 2.84. The molecule has 1 aromatic heterocycles. The first kappa shape index (κ1) is 16.2. The van der Waals surface area contributed by atoms with E-state index in [2.05, 4.69) is 70.0 Å². The number of rotatable bonds is 5. The maximum Gasteiger partial charge on any atom is 0.0738 e. The third-order valence-corrected chi connectivity index (χ3v) is 5.03. The summed E-state index contributed by atoms with van der Waals surface area (Å²) >= 11 is 3.69. The van der Waals surface area contributed by atoms with E-state index in [1.54, 1.807) is 0 Å². The summed E-state index contributed by atoms with van der Waals surface area (Å²) in [6, 6.07) is 6.96. The smallest absolute Gasteiger partial charge is 0.0738 e. The predicted octanol–water partition coefficient (Wildman–Crippen LogP) is 4.09. The molecular formula is C17H24BrN3. The van der Waals surface area contributed by atoms with Crippen molar-refractivity contribution in [3.63, 3.8) is 0 Å². The first-order valence-corrected chi connectivity index (χ1v) is 8.23. The summed E-state index contributed by atoms with van der Waals surface area (Å²) in [6.07, 6.45) is 0.926. The number of hydrogen-bond acceptors (Lipinski definition) is 2. The molecule has 0 bridgehead atoms. The van der Waals surface area contributed by atoms with Crippen LogP contribution in [0.5, 0.6) is 0 Å². The van der Waals surface area contributed by atoms with Crippen molar-refractivity contribution in [1.82, 2.24) is 15.1 Å². The van der Waals surface area contributed by atoms with Gasteiger partial charge in [0.2, 0.25) is 0 Å². The van der Waals surface area contributed by atoms with Crippen molar-refractivity contribution in [3.8, 4) is 0 Å². The summed E-state index contributed by atoms with van der Waals surface area (Å²) in [7, 11) is 2.03.